The van der Waals surface area contributed by atoms with Gasteiger partial charge in [0.1, 0.15) is 5.75 Å². The molecule has 0 spiro atoms. The van der Waals surface area contributed by atoms with Crippen LogP contribution in [0.25, 0.3) is 0 Å². The first-order chi connectivity index (χ1) is 11.2. The van der Waals surface area contributed by atoms with E-state index in [0.717, 1.165) is 13.1 Å². The van der Waals surface area contributed by atoms with Gasteiger partial charge in [0, 0.05) is 37.4 Å². The van der Waals surface area contributed by atoms with Gasteiger partial charge in [-0.3, -0.25) is 4.79 Å². The summed E-state index contributed by atoms with van der Waals surface area (Å²) < 4.78 is 5.13. The summed E-state index contributed by atoms with van der Waals surface area (Å²) in [6.07, 6.45) is 0. The number of hydrogen-bond acceptors (Lipinski definition) is 4. The summed E-state index contributed by atoms with van der Waals surface area (Å²) >= 11 is 0. The lowest BCUT2D eigenvalue weighted by Gasteiger charge is -2.36. The molecule has 0 bridgehead atoms. The van der Waals surface area contributed by atoms with E-state index in [0.29, 0.717) is 30.1 Å². The monoisotopic (exact) mass is 311 g/mol. The first kappa shape index (κ1) is 15.2. The average molecular weight is 311 g/mol. The topological polar surface area (TPSA) is 58.8 Å². The maximum absolute atomic E-state index is 12.6. The summed E-state index contributed by atoms with van der Waals surface area (Å²) in [5.41, 5.74) is 8.19. The van der Waals surface area contributed by atoms with Crippen LogP contribution >= 0.6 is 0 Å². The lowest BCUT2D eigenvalue weighted by Crippen LogP contribution is -2.48. The van der Waals surface area contributed by atoms with Gasteiger partial charge in [-0.15, -0.1) is 0 Å². The standard InChI is InChI=1S/C18H21N3O2/c1-23-17-8-7-14(13-16(17)19)18(22)21-11-9-20(10-12-21)15-5-3-2-4-6-15/h2-8,13H,9-12,19H2,1H3. The molecule has 2 N–H and O–H groups in total. The van der Waals surface area contributed by atoms with Crippen molar-refractivity contribution in [2.45, 2.75) is 0 Å². The SMILES string of the molecule is COc1ccc(C(=O)N2CCN(c3ccccc3)CC2)cc1N. The Labute approximate surface area is 136 Å². The predicted octanol–water partition coefficient (Wildman–Crippen LogP) is 2.24. The van der Waals surface area contributed by atoms with Crippen LogP contribution in [-0.2, 0) is 0 Å². The van der Waals surface area contributed by atoms with Gasteiger partial charge in [-0.1, -0.05) is 18.2 Å². The molecule has 120 valence electrons. The summed E-state index contributed by atoms with van der Waals surface area (Å²) in [5.74, 6) is 0.613. The number of amides is 1. The fourth-order valence-electron chi connectivity index (χ4n) is 2.86. The van der Waals surface area contributed by atoms with Crippen molar-refractivity contribution in [3.05, 3.63) is 54.1 Å². The highest BCUT2D eigenvalue weighted by Gasteiger charge is 2.22. The number of carbonyl (C=O) groups excluding carboxylic acids is 1. The molecule has 1 saturated heterocycles. The molecule has 1 amide bonds. The number of para-hydroxylation sites is 1. The number of carbonyl (C=O) groups is 1. The van der Waals surface area contributed by atoms with E-state index < -0.39 is 0 Å². The molecule has 3 rings (SSSR count). The lowest BCUT2D eigenvalue weighted by molar-refractivity contribution is 0.0747. The summed E-state index contributed by atoms with van der Waals surface area (Å²) in [4.78, 5) is 16.8. The Balaban J connectivity index is 1.65. The van der Waals surface area contributed by atoms with Crippen molar-refractivity contribution in [1.82, 2.24) is 4.90 Å². The zero-order chi connectivity index (χ0) is 16.2. The zero-order valence-corrected chi connectivity index (χ0v) is 13.2. The zero-order valence-electron chi connectivity index (χ0n) is 13.2. The second kappa shape index (κ2) is 6.60. The van der Waals surface area contributed by atoms with Crippen molar-refractivity contribution in [2.24, 2.45) is 0 Å². The number of methoxy groups -OCH3 is 1. The van der Waals surface area contributed by atoms with Gasteiger partial charge >= 0.3 is 0 Å². The Bertz CT molecular complexity index is 680. The average Bonchev–Trinajstić information content (AvgIpc) is 2.62. The minimum absolute atomic E-state index is 0.0204. The van der Waals surface area contributed by atoms with E-state index in [1.807, 2.05) is 23.1 Å². The molecule has 0 atom stereocenters. The van der Waals surface area contributed by atoms with E-state index >= 15 is 0 Å². The molecule has 0 radical (unpaired) electrons. The number of nitrogens with two attached hydrogens (primary N) is 1. The number of hydrogen-bond donors (Lipinski definition) is 1. The summed E-state index contributed by atoms with van der Waals surface area (Å²) in [6.45, 7) is 3.09. The van der Waals surface area contributed by atoms with Crippen LogP contribution in [0, 0.1) is 0 Å². The van der Waals surface area contributed by atoms with Crippen LogP contribution in [0.2, 0.25) is 0 Å². The summed E-state index contributed by atoms with van der Waals surface area (Å²) in [5, 5.41) is 0. The molecule has 0 unspecified atom stereocenters. The van der Waals surface area contributed by atoms with Gasteiger partial charge in [-0.25, -0.2) is 0 Å². The number of anilines is 2. The van der Waals surface area contributed by atoms with Crippen molar-refractivity contribution in [3.63, 3.8) is 0 Å². The smallest absolute Gasteiger partial charge is 0.254 e. The molecule has 1 fully saturated rings. The van der Waals surface area contributed by atoms with Crippen LogP contribution in [0.4, 0.5) is 11.4 Å². The van der Waals surface area contributed by atoms with Gasteiger partial charge in [-0.05, 0) is 30.3 Å². The van der Waals surface area contributed by atoms with Gasteiger partial charge in [0.15, 0.2) is 0 Å². The largest absolute Gasteiger partial charge is 0.495 e. The Morgan fingerprint density at radius 3 is 2.35 bits per heavy atom. The minimum Gasteiger partial charge on any atom is -0.495 e. The second-order valence-corrected chi connectivity index (χ2v) is 5.57. The van der Waals surface area contributed by atoms with E-state index in [-0.39, 0.29) is 5.91 Å². The third kappa shape index (κ3) is 3.23. The van der Waals surface area contributed by atoms with Crippen LogP contribution < -0.4 is 15.4 Å². The lowest BCUT2D eigenvalue weighted by atomic mass is 10.1. The molecule has 1 aliphatic rings. The van der Waals surface area contributed by atoms with Crippen molar-refractivity contribution in [1.29, 1.82) is 0 Å². The van der Waals surface area contributed by atoms with Gasteiger partial charge in [0.2, 0.25) is 0 Å². The number of piperazine rings is 1. The van der Waals surface area contributed by atoms with Gasteiger partial charge < -0.3 is 20.3 Å². The number of nitrogens with zero attached hydrogens (tertiary/aromatic N) is 2. The molecular weight excluding hydrogens is 290 g/mol. The van der Waals surface area contributed by atoms with Crippen LogP contribution in [0.1, 0.15) is 10.4 Å². The normalized spacial score (nSPS) is 14.7. The fraction of sp³-hybridized carbons (Fsp3) is 0.278. The highest BCUT2D eigenvalue weighted by Crippen LogP contribution is 2.23. The molecule has 1 aliphatic heterocycles. The molecule has 5 heteroatoms. The highest BCUT2D eigenvalue weighted by molar-refractivity contribution is 5.95. The van der Waals surface area contributed by atoms with E-state index in [2.05, 4.69) is 17.0 Å². The molecule has 0 saturated carbocycles. The molecular formula is C18H21N3O2. The Kier molecular flexibility index (Phi) is 4.37. The predicted molar refractivity (Wildman–Crippen MR) is 92.0 cm³/mol. The highest BCUT2D eigenvalue weighted by atomic mass is 16.5. The first-order valence-corrected chi connectivity index (χ1v) is 7.72. The van der Waals surface area contributed by atoms with E-state index in [4.69, 9.17) is 10.5 Å². The van der Waals surface area contributed by atoms with Gasteiger partial charge in [0.25, 0.3) is 5.91 Å². The number of benzene rings is 2. The van der Waals surface area contributed by atoms with Gasteiger partial charge in [0.05, 0.1) is 12.8 Å². The molecule has 2 aromatic carbocycles. The number of rotatable bonds is 3. The van der Waals surface area contributed by atoms with Crippen LogP contribution in [0.5, 0.6) is 5.75 Å². The van der Waals surface area contributed by atoms with Crippen molar-refractivity contribution >= 4 is 17.3 Å². The molecule has 5 nitrogen and oxygen atoms in total. The minimum atomic E-state index is 0.0204. The van der Waals surface area contributed by atoms with Crippen molar-refractivity contribution in [3.8, 4) is 5.75 Å². The second-order valence-electron chi connectivity index (χ2n) is 5.57. The maximum atomic E-state index is 12.6. The molecule has 0 aromatic heterocycles. The summed E-state index contributed by atoms with van der Waals surface area (Å²) in [6, 6.07) is 15.5. The molecule has 1 heterocycles. The van der Waals surface area contributed by atoms with Gasteiger partial charge in [-0.2, -0.15) is 0 Å². The number of ether oxygens (including phenoxy) is 1. The Hall–Kier alpha value is -2.69. The van der Waals surface area contributed by atoms with E-state index in [1.54, 1.807) is 25.3 Å². The summed E-state index contributed by atoms with van der Waals surface area (Å²) in [7, 11) is 1.57. The molecule has 2 aromatic rings. The Morgan fingerprint density at radius 1 is 1.04 bits per heavy atom. The van der Waals surface area contributed by atoms with Crippen LogP contribution in [-0.4, -0.2) is 44.1 Å². The van der Waals surface area contributed by atoms with E-state index in [1.165, 1.54) is 5.69 Å². The molecule has 0 aliphatic carbocycles. The fourth-order valence-corrected chi connectivity index (χ4v) is 2.86. The third-order valence-corrected chi connectivity index (χ3v) is 4.16. The first-order valence-electron chi connectivity index (χ1n) is 7.72. The van der Waals surface area contributed by atoms with Crippen LogP contribution in [0.3, 0.4) is 0 Å². The van der Waals surface area contributed by atoms with Crippen molar-refractivity contribution in [2.75, 3.05) is 43.9 Å². The third-order valence-electron chi connectivity index (χ3n) is 4.16. The van der Waals surface area contributed by atoms with E-state index in [9.17, 15) is 4.79 Å². The number of nitrogen functional groups attached to an aromatic ring is 1. The van der Waals surface area contributed by atoms with Crippen molar-refractivity contribution < 1.29 is 9.53 Å². The molecule has 23 heavy (non-hydrogen) atoms. The van der Waals surface area contributed by atoms with Crippen LogP contribution in [0.15, 0.2) is 48.5 Å². The maximum Gasteiger partial charge on any atom is 0.254 e. The Morgan fingerprint density at radius 2 is 1.74 bits per heavy atom. The quantitative estimate of drug-likeness (QED) is 0.883.